The lowest BCUT2D eigenvalue weighted by Crippen LogP contribution is -2.14. The molecule has 0 saturated carbocycles. The second kappa shape index (κ2) is 5.19. The fourth-order valence-corrected chi connectivity index (χ4v) is 3.81. The van der Waals surface area contributed by atoms with Crippen LogP contribution in [0.1, 0.15) is 5.56 Å². The van der Waals surface area contributed by atoms with Gasteiger partial charge in [0, 0.05) is 0 Å². The summed E-state index contributed by atoms with van der Waals surface area (Å²) in [5.74, 6) is 0. The Labute approximate surface area is 131 Å². The molecular formula is C14H12ClN3O3S. The van der Waals surface area contributed by atoms with Crippen LogP contribution < -0.4 is 10.4 Å². The van der Waals surface area contributed by atoms with Gasteiger partial charge in [-0.15, -0.1) is 0 Å². The van der Waals surface area contributed by atoms with Gasteiger partial charge in [0.1, 0.15) is 4.90 Å². The number of nitrogens with one attached hydrogen (secondary N) is 3. The highest BCUT2D eigenvalue weighted by atomic mass is 35.5. The molecule has 0 unspecified atom stereocenters. The van der Waals surface area contributed by atoms with E-state index in [-0.39, 0.29) is 15.6 Å². The zero-order valence-corrected chi connectivity index (χ0v) is 13.0. The van der Waals surface area contributed by atoms with Crippen LogP contribution in [0.15, 0.2) is 46.1 Å². The monoisotopic (exact) mass is 337 g/mol. The van der Waals surface area contributed by atoms with Crippen LogP contribution in [0.4, 0.5) is 5.69 Å². The average molecular weight is 338 g/mol. The van der Waals surface area contributed by atoms with E-state index >= 15 is 0 Å². The average Bonchev–Trinajstić information content (AvgIpc) is 2.78. The summed E-state index contributed by atoms with van der Waals surface area (Å²) >= 11 is 5.94. The van der Waals surface area contributed by atoms with Gasteiger partial charge in [-0.2, -0.15) is 0 Å². The highest BCUT2D eigenvalue weighted by molar-refractivity contribution is 7.92. The summed E-state index contributed by atoms with van der Waals surface area (Å²) in [5.41, 5.74) is 1.84. The smallest absolute Gasteiger partial charge is 0.306 e. The lowest BCUT2D eigenvalue weighted by molar-refractivity contribution is 0.601. The van der Waals surface area contributed by atoms with Crippen molar-refractivity contribution in [2.75, 3.05) is 4.72 Å². The summed E-state index contributed by atoms with van der Waals surface area (Å²) < 4.78 is 27.4. The van der Waals surface area contributed by atoms with Crippen LogP contribution in [0, 0.1) is 6.92 Å². The Hall–Kier alpha value is -2.25. The first-order valence-electron chi connectivity index (χ1n) is 6.37. The minimum atomic E-state index is -3.81. The van der Waals surface area contributed by atoms with Gasteiger partial charge in [-0.05, 0) is 36.8 Å². The van der Waals surface area contributed by atoms with E-state index in [1.54, 1.807) is 31.2 Å². The number of halogens is 1. The molecule has 0 aliphatic rings. The third-order valence-electron chi connectivity index (χ3n) is 3.23. The van der Waals surface area contributed by atoms with Crippen LogP contribution in [0.2, 0.25) is 5.02 Å². The normalized spacial score (nSPS) is 11.7. The van der Waals surface area contributed by atoms with E-state index in [4.69, 9.17) is 11.6 Å². The maximum absolute atomic E-state index is 12.4. The molecule has 6 nitrogen and oxygen atoms in total. The number of aromatic nitrogens is 2. The van der Waals surface area contributed by atoms with Crippen LogP contribution in [0.5, 0.6) is 0 Å². The predicted octanol–water partition coefficient (Wildman–Crippen LogP) is 2.62. The van der Waals surface area contributed by atoms with Crippen molar-refractivity contribution in [2.45, 2.75) is 11.8 Å². The number of fused-ring (bicyclic) bond motifs is 1. The van der Waals surface area contributed by atoms with Crippen molar-refractivity contribution in [1.29, 1.82) is 0 Å². The quantitative estimate of drug-likeness (QED) is 0.685. The van der Waals surface area contributed by atoms with E-state index in [1.165, 1.54) is 12.1 Å². The highest BCUT2D eigenvalue weighted by Crippen LogP contribution is 2.26. The van der Waals surface area contributed by atoms with Crippen LogP contribution in [0.25, 0.3) is 11.0 Å². The summed E-state index contributed by atoms with van der Waals surface area (Å²) in [6.45, 7) is 1.75. The van der Waals surface area contributed by atoms with Gasteiger partial charge in [0.15, 0.2) is 0 Å². The number of sulfonamides is 1. The number of H-pyrrole nitrogens is 2. The van der Waals surface area contributed by atoms with Crippen LogP contribution >= 0.6 is 11.6 Å². The summed E-state index contributed by atoms with van der Waals surface area (Å²) in [7, 11) is -3.81. The molecule has 0 fully saturated rings. The van der Waals surface area contributed by atoms with Crippen molar-refractivity contribution in [3.63, 3.8) is 0 Å². The number of aryl methyl sites for hydroxylation is 1. The molecule has 2 aromatic carbocycles. The van der Waals surface area contributed by atoms with Crippen LogP contribution in [-0.2, 0) is 10.0 Å². The van der Waals surface area contributed by atoms with Crippen molar-refractivity contribution in [1.82, 2.24) is 9.97 Å². The number of hydrogen-bond donors (Lipinski definition) is 3. The van der Waals surface area contributed by atoms with Crippen molar-refractivity contribution in [2.24, 2.45) is 0 Å². The molecule has 8 heteroatoms. The number of hydrogen-bond acceptors (Lipinski definition) is 3. The third kappa shape index (κ3) is 2.60. The SMILES string of the molecule is Cc1cc2[nH]c(=O)[nH]c2cc1NS(=O)(=O)c1ccccc1Cl. The molecule has 114 valence electrons. The molecule has 3 N–H and O–H groups in total. The van der Waals surface area contributed by atoms with Crippen LogP contribution in [-0.4, -0.2) is 18.4 Å². The number of anilines is 1. The molecule has 22 heavy (non-hydrogen) atoms. The van der Waals surface area contributed by atoms with Gasteiger partial charge in [-0.25, -0.2) is 13.2 Å². The topological polar surface area (TPSA) is 94.8 Å². The summed E-state index contributed by atoms with van der Waals surface area (Å²) in [5, 5.41) is 0.142. The molecular weight excluding hydrogens is 326 g/mol. The second-order valence-corrected chi connectivity index (χ2v) is 6.89. The van der Waals surface area contributed by atoms with Gasteiger partial charge < -0.3 is 9.97 Å². The summed E-state index contributed by atoms with van der Waals surface area (Å²) in [6.07, 6.45) is 0. The molecule has 0 radical (unpaired) electrons. The molecule has 0 spiro atoms. The minimum absolute atomic E-state index is 0.00118. The molecule has 1 aromatic heterocycles. The fraction of sp³-hybridized carbons (Fsp3) is 0.0714. The van der Waals surface area contributed by atoms with Crippen molar-refractivity contribution >= 4 is 38.3 Å². The zero-order chi connectivity index (χ0) is 15.9. The van der Waals surface area contributed by atoms with Gasteiger partial charge in [-0.3, -0.25) is 4.72 Å². The number of aromatic amines is 2. The number of benzene rings is 2. The lowest BCUT2D eigenvalue weighted by Gasteiger charge is -2.11. The molecule has 0 saturated heterocycles. The van der Waals surface area contributed by atoms with E-state index in [2.05, 4.69) is 14.7 Å². The molecule has 1 heterocycles. The van der Waals surface area contributed by atoms with Gasteiger partial charge in [-0.1, -0.05) is 23.7 Å². The van der Waals surface area contributed by atoms with E-state index < -0.39 is 10.0 Å². The van der Waals surface area contributed by atoms with E-state index in [1.807, 2.05) is 0 Å². The van der Waals surface area contributed by atoms with Gasteiger partial charge >= 0.3 is 5.69 Å². The summed E-state index contributed by atoms with van der Waals surface area (Å²) in [4.78, 5) is 16.5. The van der Waals surface area contributed by atoms with Crippen molar-refractivity contribution in [3.05, 3.63) is 57.5 Å². The van der Waals surface area contributed by atoms with E-state index in [0.717, 1.165) is 0 Å². The molecule has 0 aliphatic carbocycles. The molecule has 3 rings (SSSR count). The van der Waals surface area contributed by atoms with Gasteiger partial charge in [0.05, 0.1) is 21.7 Å². The van der Waals surface area contributed by atoms with E-state index in [0.29, 0.717) is 22.3 Å². The zero-order valence-electron chi connectivity index (χ0n) is 11.5. The summed E-state index contributed by atoms with van der Waals surface area (Å²) in [6, 6.07) is 9.45. The Balaban J connectivity index is 2.07. The molecule has 3 aromatic rings. The minimum Gasteiger partial charge on any atom is -0.306 e. The number of imidazole rings is 1. The van der Waals surface area contributed by atoms with Gasteiger partial charge in [0.25, 0.3) is 10.0 Å². The first-order valence-corrected chi connectivity index (χ1v) is 8.23. The molecule has 0 bridgehead atoms. The Kier molecular flexibility index (Phi) is 3.46. The van der Waals surface area contributed by atoms with Crippen molar-refractivity contribution < 1.29 is 8.42 Å². The fourth-order valence-electron chi connectivity index (χ4n) is 2.16. The maximum atomic E-state index is 12.4. The van der Waals surface area contributed by atoms with E-state index in [9.17, 15) is 13.2 Å². The Bertz CT molecular complexity index is 1020. The number of rotatable bonds is 3. The Morgan fingerprint density at radius 1 is 1.09 bits per heavy atom. The van der Waals surface area contributed by atoms with Crippen molar-refractivity contribution in [3.8, 4) is 0 Å². The third-order valence-corrected chi connectivity index (χ3v) is 5.10. The first kappa shape index (κ1) is 14.7. The Morgan fingerprint density at radius 3 is 2.41 bits per heavy atom. The lowest BCUT2D eigenvalue weighted by atomic mass is 10.2. The second-order valence-electron chi connectivity index (χ2n) is 4.83. The Morgan fingerprint density at radius 2 is 1.73 bits per heavy atom. The maximum Gasteiger partial charge on any atom is 0.323 e. The van der Waals surface area contributed by atoms with Gasteiger partial charge in [0.2, 0.25) is 0 Å². The first-order chi connectivity index (χ1) is 10.4. The molecule has 0 atom stereocenters. The van der Waals surface area contributed by atoms with Crippen LogP contribution in [0.3, 0.4) is 0 Å². The standard InChI is InChI=1S/C14H12ClN3O3S/c1-8-6-11-12(17-14(19)16-11)7-10(8)18-22(20,21)13-5-3-2-4-9(13)15/h2-7,18H,1H3,(H2,16,17,19). The molecule has 0 amide bonds. The largest absolute Gasteiger partial charge is 0.323 e. The highest BCUT2D eigenvalue weighted by Gasteiger charge is 2.18. The molecule has 0 aliphatic heterocycles. The predicted molar refractivity (Wildman–Crippen MR) is 85.9 cm³/mol.